The minimum absolute atomic E-state index is 0.000320. The zero-order valence-electron chi connectivity index (χ0n) is 38.2. The number of ether oxygens (including phenoxy) is 5. The van der Waals surface area contributed by atoms with Gasteiger partial charge in [-0.3, -0.25) is 29.3 Å². The number of nitrogens with one attached hydrogen (secondary N) is 5. The highest BCUT2D eigenvalue weighted by molar-refractivity contribution is 7.13. The second-order valence-corrected chi connectivity index (χ2v) is 18.1. The zero-order chi connectivity index (χ0) is 48.4. The number of hydrogen-bond donors (Lipinski definition) is 5. The van der Waals surface area contributed by atoms with E-state index in [0.29, 0.717) is 121 Å². The Morgan fingerprint density at radius 3 is 2.33 bits per heavy atom. The highest BCUT2D eigenvalue weighted by atomic mass is 35.5. The van der Waals surface area contributed by atoms with Crippen LogP contribution in [0.15, 0.2) is 66.2 Å². The van der Waals surface area contributed by atoms with Crippen molar-refractivity contribution in [3.8, 4) is 5.75 Å². The molecule has 2 aromatic carbocycles. The molecule has 69 heavy (non-hydrogen) atoms. The van der Waals surface area contributed by atoms with Crippen molar-refractivity contribution in [3.63, 3.8) is 0 Å². The highest BCUT2D eigenvalue weighted by Gasteiger charge is 2.43. The number of nitrogens with zero attached hydrogens (tertiary/aromatic N) is 3. The Bertz CT molecular complexity index is 2370. The lowest BCUT2D eigenvalue weighted by Gasteiger charge is -2.39. The molecule has 2 fully saturated rings. The van der Waals surface area contributed by atoms with E-state index in [0.717, 1.165) is 10.8 Å². The van der Waals surface area contributed by atoms with Crippen molar-refractivity contribution >= 4 is 69.1 Å². The molecule has 7 rings (SSSR count). The van der Waals surface area contributed by atoms with Crippen LogP contribution in [0.4, 0.5) is 21.0 Å². The van der Waals surface area contributed by atoms with Gasteiger partial charge in [-0.25, -0.2) is 14.4 Å². The Morgan fingerprint density at radius 1 is 0.870 bits per heavy atom. The van der Waals surface area contributed by atoms with E-state index in [2.05, 4.69) is 31.6 Å². The number of thiazole rings is 1. The van der Waals surface area contributed by atoms with E-state index in [9.17, 15) is 28.4 Å². The summed E-state index contributed by atoms with van der Waals surface area (Å²) in [6.07, 6.45) is 4.55. The molecule has 1 unspecified atom stereocenters. The van der Waals surface area contributed by atoms with Gasteiger partial charge in [0.2, 0.25) is 23.6 Å². The Labute approximate surface area is 408 Å². The molecule has 370 valence electrons. The number of rotatable bonds is 27. The first kappa shape index (κ1) is 51.2. The molecule has 21 heteroatoms. The Hall–Kier alpha value is -5.61. The van der Waals surface area contributed by atoms with Gasteiger partial charge in [-0.2, -0.15) is 0 Å². The number of pyridine rings is 1. The Kier molecular flexibility index (Phi) is 19.2. The number of aromatic nitrogens is 2. The van der Waals surface area contributed by atoms with Gasteiger partial charge < -0.3 is 49.9 Å². The maximum absolute atomic E-state index is 14.6. The molecule has 2 aliphatic heterocycles. The minimum atomic E-state index is -0.745. The molecule has 0 spiro atoms. The number of imide groups is 1. The van der Waals surface area contributed by atoms with Gasteiger partial charge in [0.05, 0.1) is 75.8 Å². The molecule has 1 aliphatic carbocycles. The van der Waals surface area contributed by atoms with E-state index in [4.69, 9.17) is 40.3 Å². The molecule has 1 saturated carbocycles. The normalized spacial score (nSPS) is 19.0. The fourth-order valence-corrected chi connectivity index (χ4v) is 9.15. The number of carbonyl (C=O) groups is 5. The summed E-state index contributed by atoms with van der Waals surface area (Å²) in [5.41, 5.74) is 1.59. The van der Waals surface area contributed by atoms with Crippen LogP contribution in [0.25, 0.3) is 0 Å². The molecule has 4 heterocycles. The van der Waals surface area contributed by atoms with Gasteiger partial charge in [0.25, 0.3) is 5.91 Å². The van der Waals surface area contributed by atoms with Crippen LogP contribution < -0.4 is 31.3 Å². The van der Waals surface area contributed by atoms with E-state index in [1.165, 1.54) is 22.3 Å². The van der Waals surface area contributed by atoms with E-state index < -0.39 is 23.2 Å². The summed E-state index contributed by atoms with van der Waals surface area (Å²) in [7, 11) is 0. The number of halogens is 2. The van der Waals surface area contributed by atoms with Gasteiger partial charge in [-0.05, 0) is 68.5 Å². The molecule has 4 aromatic rings. The maximum atomic E-state index is 14.6. The zero-order valence-corrected chi connectivity index (χ0v) is 39.8. The summed E-state index contributed by atoms with van der Waals surface area (Å²) in [5, 5.41) is 17.3. The van der Waals surface area contributed by atoms with Crippen molar-refractivity contribution in [1.29, 1.82) is 0 Å². The SMILES string of the molecule is O=C1CCC(N2Cc3c(NC(=O)CCOCCOCCOCCNCCOCCNC(=O)[C@]4(Cc5cccc(Nc6nccs6)n5)CC[C@@H](Oc5cccc(Cl)c5F)CC4)cccc3C2=O)C(=O)N1. The predicted octanol–water partition coefficient (Wildman–Crippen LogP) is 5.19. The van der Waals surface area contributed by atoms with E-state index in [1.54, 1.807) is 36.5 Å². The topological polar surface area (TPSA) is 221 Å². The van der Waals surface area contributed by atoms with Crippen LogP contribution in [-0.4, -0.2) is 129 Å². The smallest absolute Gasteiger partial charge is 0.255 e. The molecule has 1 saturated heterocycles. The average molecular weight is 994 g/mol. The van der Waals surface area contributed by atoms with Crippen LogP contribution in [0.5, 0.6) is 5.75 Å². The number of hydrogen-bond acceptors (Lipinski definition) is 15. The molecule has 18 nitrogen and oxygen atoms in total. The first-order valence-electron chi connectivity index (χ1n) is 23.2. The molecule has 2 aromatic heterocycles. The second kappa shape index (κ2) is 25.8. The summed E-state index contributed by atoms with van der Waals surface area (Å²) in [4.78, 5) is 74.1. The van der Waals surface area contributed by atoms with Gasteiger partial charge in [-0.1, -0.05) is 29.8 Å². The van der Waals surface area contributed by atoms with Crippen molar-refractivity contribution in [2.45, 2.75) is 70.1 Å². The molecular weight excluding hydrogens is 935 g/mol. The predicted molar refractivity (Wildman–Crippen MR) is 255 cm³/mol. The molecular formula is C48H58ClFN8O10S. The van der Waals surface area contributed by atoms with Crippen LogP contribution in [0.2, 0.25) is 5.02 Å². The molecule has 5 N–H and O–H groups in total. The minimum Gasteiger partial charge on any atom is -0.487 e. The van der Waals surface area contributed by atoms with Gasteiger partial charge in [0.1, 0.15) is 11.9 Å². The van der Waals surface area contributed by atoms with Crippen LogP contribution in [0.1, 0.15) is 66.6 Å². The third-order valence-corrected chi connectivity index (χ3v) is 13.0. The maximum Gasteiger partial charge on any atom is 0.255 e. The lowest BCUT2D eigenvalue weighted by molar-refractivity contribution is -0.137. The molecule has 1 atom stereocenters. The van der Waals surface area contributed by atoms with Gasteiger partial charge >= 0.3 is 0 Å². The Balaban J connectivity index is 0.708. The van der Waals surface area contributed by atoms with Crippen molar-refractivity contribution in [2.24, 2.45) is 5.41 Å². The highest BCUT2D eigenvalue weighted by Crippen LogP contribution is 2.41. The number of piperidine rings is 1. The molecule has 5 amide bonds. The molecule has 0 radical (unpaired) electrons. The third kappa shape index (κ3) is 14.7. The van der Waals surface area contributed by atoms with Gasteiger partial charge in [0.15, 0.2) is 16.7 Å². The van der Waals surface area contributed by atoms with Crippen LogP contribution >= 0.6 is 22.9 Å². The second-order valence-electron chi connectivity index (χ2n) is 16.8. The first-order valence-corrected chi connectivity index (χ1v) is 24.4. The average Bonchev–Trinajstić information content (AvgIpc) is 3.98. The lowest BCUT2D eigenvalue weighted by Crippen LogP contribution is -2.52. The van der Waals surface area contributed by atoms with Gasteiger partial charge in [0, 0.05) is 73.1 Å². The summed E-state index contributed by atoms with van der Waals surface area (Å²) in [5.74, 6) is -1.34. The lowest BCUT2D eigenvalue weighted by atomic mass is 9.69. The van der Waals surface area contributed by atoms with Crippen molar-refractivity contribution < 1.29 is 52.0 Å². The number of carbonyl (C=O) groups excluding carboxylic acids is 5. The standard InChI is InChI=1S/C48H58ClFN8O10S/c49-36-6-3-8-39(43(36)50)68-33-12-15-48(16-13-33,30-32-4-1-9-40(54-32)56-47-53-20-29-69-47)46(63)52-19-24-65-22-17-51-18-23-66-26-28-67-27-25-64-21-14-42(60)55-37-7-2-5-34-35(37)31-58(45(34)62)38-10-11-41(59)57-44(38)61/h1-9,20,29,33,38,51H,10-19,21-28,30-31H2,(H,52,63)(H,55,60)(H,53,54,56)(H,57,59,61)/t33-,38?,48-. The summed E-state index contributed by atoms with van der Waals surface area (Å²) in [6.45, 7) is 4.63. The van der Waals surface area contributed by atoms with Crippen molar-refractivity contribution in [3.05, 3.63) is 93.8 Å². The van der Waals surface area contributed by atoms with E-state index >= 15 is 0 Å². The number of benzene rings is 2. The molecule has 0 bridgehead atoms. The number of amides is 5. The largest absolute Gasteiger partial charge is 0.487 e. The van der Waals surface area contributed by atoms with Crippen molar-refractivity contribution in [1.82, 2.24) is 30.8 Å². The summed E-state index contributed by atoms with van der Waals surface area (Å²) < 4.78 is 43.2. The summed E-state index contributed by atoms with van der Waals surface area (Å²) >= 11 is 7.45. The van der Waals surface area contributed by atoms with Crippen LogP contribution in [0.3, 0.4) is 0 Å². The quantitative estimate of drug-likeness (QED) is 0.0384. The summed E-state index contributed by atoms with van der Waals surface area (Å²) in [6, 6.07) is 14.7. The molecule has 3 aliphatic rings. The first-order chi connectivity index (χ1) is 33.6. The van der Waals surface area contributed by atoms with Crippen molar-refractivity contribution in [2.75, 3.05) is 83.1 Å². The third-order valence-electron chi connectivity index (χ3n) is 12.0. The van der Waals surface area contributed by atoms with E-state index in [-0.39, 0.29) is 72.9 Å². The van der Waals surface area contributed by atoms with Crippen LogP contribution in [-0.2, 0) is 51.1 Å². The monoisotopic (exact) mass is 992 g/mol. The number of fused-ring (bicyclic) bond motifs is 1. The fourth-order valence-electron chi connectivity index (χ4n) is 8.45. The fraction of sp³-hybridized carbons (Fsp3) is 0.479. The Morgan fingerprint density at radius 2 is 1.58 bits per heavy atom. The van der Waals surface area contributed by atoms with Gasteiger partial charge in [-0.15, -0.1) is 11.3 Å². The van der Waals surface area contributed by atoms with Crippen LogP contribution in [0, 0.1) is 11.2 Å². The number of anilines is 3. The van der Waals surface area contributed by atoms with E-state index in [1.807, 2.05) is 23.6 Å².